The number of anilines is 1. The third kappa shape index (κ3) is 3.94. The topological polar surface area (TPSA) is 59.8 Å². The Balaban J connectivity index is 1.40. The SMILES string of the molecule is O=C(COc1coc(CN2CCc3ccccc32)cc1=O)c1ccc(Cl)cc1. The minimum atomic E-state index is -0.308. The highest BCUT2D eigenvalue weighted by Crippen LogP contribution is 2.28. The zero-order valence-electron chi connectivity index (χ0n) is 15.1. The van der Waals surface area contributed by atoms with Gasteiger partial charge in [-0.15, -0.1) is 0 Å². The van der Waals surface area contributed by atoms with Gasteiger partial charge in [0.15, 0.2) is 12.4 Å². The lowest BCUT2D eigenvalue weighted by Crippen LogP contribution is -2.21. The van der Waals surface area contributed by atoms with E-state index in [2.05, 4.69) is 17.0 Å². The molecule has 3 aromatic rings. The molecule has 4 rings (SSSR count). The van der Waals surface area contributed by atoms with Crippen LogP contribution in [0.2, 0.25) is 5.02 Å². The molecule has 0 bridgehead atoms. The lowest BCUT2D eigenvalue weighted by molar-refractivity contribution is 0.0919. The first-order valence-corrected chi connectivity index (χ1v) is 9.34. The van der Waals surface area contributed by atoms with Crippen molar-refractivity contribution in [2.45, 2.75) is 13.0 Å². The molecule has 2 aromatic carbocycles. The van der Waals surface area contributed by atoms with E-state index in [-0.39, 0.29) is 23.6 Å². The molecule has 0 aliphatic carbocycles. The highest BCUT2D eigenvalue weighted by molar-refractivity contribution is 6.30. The van der Waals surface area contributed by atoms with E-state index < -0.39 is 0 Å². The number of para-hydroxylation sites is 1. The van der Waals surface area contributed by atoms with Gasteiger partial charge in [0.05, 0.1) is 6.54 Å². The smallest absolute Gasteiger partial charge is 0.227 e. The summed E-state index contributed by atoms with van der Waals surface area (Å²) in [5, 5.41) is 0.550. The van der Waals surface area contributed by atoms with Crippen molar-refractivity contribution in [1.82, 2.24) is 0 Å². The third-order valence-corrected chi connectivity index (χ3v) is 4.96. The van der Waals surface area contributed by atoms with Crippen LogP contribution in [0.15, 0.2) is 70.1 Å². The molecule has 1 aliphatic rings. The Bertz CT molecular complexity index is 1060. The van der Waals surface area contributed by atoms with Crippen molar-refractivity contribution < 1.29 is 13.9 Å². The van der Waals surface area contributed by atoms with E-state index in [9.17, 15) is 9.59 Å². The first-order chi connectivity index (χ1) is 13.6. The molecular weight excluding hydrogens is 378 g/mol. The summed E-state index contributed by atoms with van der Waals surface area (Å²) in [6.45, 7) is 1.15. The van der Waals surface area contributed by atoms with Crippen molar-refractivity contribution in [3.05, 3.63) is 93.0 Å². The number of hydrogen-bond acceptors (Lipinski definition) is 5. The molecule has 0 radical (unpaired) electrons. The molecule has 6 heteroatoms. The Morgan fingerprint density at radius 3 is 2.71 bits per heavy atom. The standard InChI is InChI=1S/C22H18ClNO4/c23-17-7-5-16(6-8-17)21(26)13-28-22-14-27-18(11-20(22)25)12-24-10-9-15-3-1-2-4-19(15)24/h1-8,11,14H,9-10,12-13H2. The van der Waals surface area contributed by atoms with E-state index >= 15 is 0 Å². The summed E-state index contributed by atoms with van der Waals surface area (Å²) in [5.41, 5.74) is 2.63. The molecule has 142 valence electrons. The predicted molar refractivity (Wildman–Crippen MR) is 107 cm³/mol. The molecule has 0 atom stereocenters. The van der Waals surface area contributed by atoms with E-state index in [1.807, 2.05) is 12.1 Å². The van der Waals surface area contributed by atoms with Gasteiger partial charge in [0, 0.05) is 28.9 Å². The average Bonchev–Trinajstić information content (AvgIpc) is 3.11. The minimum absolute atomic E-state index is 0.0212. The Morgan fingerprint density at radius 2 is 1.93 bits per heavy atom. The van der Waals surface area contributed by atoms with Gasteiger partial charge in [-0.3, -0.25) is 9.59 Å². The van der Waals surface area contributed by atoms with Gasteiger partial charge in [-0.1, -0.05) is 29.8 Å². The number of nitrogens with zero attached hydrogens (tertiary/aromatic N) is 1. The van der Waals surface area contributed by atoms with Crippen LogP contribution in [0.1, 0.15) is 21.7 Å². The largest absolute Gasteiger partial charge is 0.478 e. The van der Waals surface area contributed by atoms with Gasteiger partial charge in [-0.05, 0) is 42.3 Å². The summed E-state index contributed by atoms with van der Waals surface area (Å²) in [5.74, 6) is 0.333. The lowest BCUT2D eigenvalue weighted by atomic mass is 10.1. The molecule has 0 N–H and O–H groups in total. The average molecular weight is 396 g/mol. The number of halogens is 1. The fourth-order valence-corrected chi connectivity index (χ4v) is 3.37. The van der Waals surface area contributed by atoms with Crippen molar-refractivity contribution in [2.24, 2.45) is 0 Å². The second-order valence-electron chi connectivity index (χ2n) is 6.59. The Labute approximate surface area is 167 Å². The second kappa shape index (κ2) is 7.90. The van der Waals surface area contributed by atoms with Gasteiger partial charge in [-0.2, -0.15) is 0 Å². The van der Waals surface area contributed by atoms with Crippen molar-refractivity contribution in [2.75, 3.05) is 18.1 Å². The van der Waals surface area contributed by atoms with E-state index in [1.165, 1.54) is 23.6 Å². The Morgan fingerprint density at radius 1 is 1.14 bits per heavy atom. The molecule has 2 heterocycles. The van der Waals surface area contributed by atoms with Crippen molar-refractivity contribution in [3.8, 4) is 5.75 Å². The number of fused-ring (bicyclic) bond motifs is 1. The number of ketones is 1. The fourth-order valence-electron chi connectivity index (χ4n) is 3.25. The molecular formula is C22H18ClNO4. The summed E-state index contributed by atoms with van der Waals surface area (Å²) < 4.78 is 10.9. The molecule has 0 spiro atoms. The van der Waals surface area contributed by atoms with Gasteiger partial charge >= 0.3 is 0 Å². The van der Waals surface area contributed by atoms with Crippen LogP contribution >= 0.6 is 11.6 Å². The number of Topliss-reactive ketones (excluding diaryl/α,β-unsaturated/α-hetero) is 1. The van der Waals surface area contributed by atoms with Crippen LogP contribution in [0.5, 0.6) is 5.75 Å². The number of ether oxygens (including phenoxy) is 1. The van der Waals surface area contributed by atoms with E-state index in [4.69, 9.17) is 20.8 Å². The number of hydrogen-bond donors (Lipinski definition) is 0. The number of carbonyl (C=O) groups excluding carboxylic acids is 1. The van der Waals surface area contributed by atoms with Crippen LogP contribution in [-0.2, 0) is 13.0 Å². The van der Waals surface area contributed by atoms with E-state index in [1.54, 1.807) is 24.3 Å². The van der Waals surface area contributed by atoms with Gasteiger partial charge < -0.3 is 14.1 Å². The quantitative estimate of drug-likeness (QED) is 0.587. The van der Waals surface area contributed by atoms with Crippen LogP contribution in [0.25, 0.3) is 0 Å². The Hall–Kier alpha value is -3.05. The zero-order valence-corrected chi connectivity index (χ0v) is 15.8. The maximum atomic E-state index is 12.3. The Kier molecular flexibility index (Phi) is 5.17. The summed E-state index contributed by atoms with van der Waals surface area (Å²) in [7, 11) is 0. The lowest BCUT2D eigenvalue weighted by Gasteiger charge is -2.18. The normalized spacial score (nSPS) is 12.7. The van der Waals surface area contributed by atoms with Crippen molar-refractivity contribution >= 4 is 23.1 Å². The summed E-state index contributed by atoms with van der Waals surface area (Å²) in [6.07, 6.45) is 2.25. The first-order valence-electron chi connectivity index (χ1n) is 8.96. The molecule has 0 fully saturated rings. The maximum absolute atomic E-state index is 12.3. The van der Waals surface area contributed by atoms with E-state index in [0.29, 0.717) is 22.9 Å². The number of carbonyl (C=O) groups is 1. The molecule has 1 aromatic heterocycles. The van der Waals surface area contributed by atoms with Crippen molar-refractivity contribution in [3.63, 3.8) is 0 Å². The molecule has 0 unspecified atom stereocenters. The molecule has 28 heavy (non-hydrogen) atoms. The predicted octanol–water partition coefficient (Wildman–Crippen LogP) is 4.12. The fraction of sp³-hybridized carbons (Fsp3) is 0.182. The summed E-state index contributed by atoms with van der Waals surface area (Å²) >= 11 is 5.81. The van der Waals surface area contributed by atoms with E-state index in [0.717, 1.165) is 13.0 Å². The van der Waals surface area contributed by atoms with Crippen LogP contribution < -0.4 is 15.1 Å². The molecule has 0 saturated heterocycles. The van der Waals surface area contributed by atoms with Gasteiger partial charge in [0.1, 0.15) is 12.0 Å². The van der Waals surface area contributed by atoms with Gasteiger partial charge in [0.2, 0.25) is 11.2 Å². The third-order valence-electron chi connectivity index (χ3n) is 4.71. The monoisotopic (exact) mass is 395 g/mol. The molecule has 0 saturated carbocycles. The van der Waals surface area contributed by atoms with Gasteiger partial charge in [-0.25, -0.2) is 0 Å². The molecule has 1 aliphatic heterocycles. The van der Waals surface area contributed by atoms with Gasteiger partial charge in [0.25, 0.3) is 0 Å². The highest BCUT2D eigenvalue weighted by atomic mass is 35.5. The minimum Gasteiger partial charge on any atom is -0.478 e. The molecule has 5 nitrogen and oxygen atoms in total. The highest BCUT2D eigenvalue weighted by Gasteiger charge is 2.19. The molecule has 0 amide bonds. The second-order valence-corrected chi connectivity index (χ2v) is 7.03. The first kappa shape index (κ1) is 18.3. The summed E-state index contributed by atoms with van der Waals surface area (Å²) in [6, 6.07) is 16.1. The number of benzene rings is 2. The zero-order chi connectivity index (χ0) is 19.5. The number of rotatable bonds is 6. The maximum Gasteiger partial charge on any atom is 0.227 e. The summed E-state index contributed by atoms with van der Waals surface area (Å²) in [4.78, 5) is 26.6. The van der Waals surface area contributed by atoms with Crippen molar-refractivity contribution in [1.29, 1.82) is 0 Å². The van der Waals surface area contributed by atoms with Crippen LogP contribution in [0, 0.1) is 0 Å². The van der Waals surface area contributed by atoms with Crippen LogP contribution in [0.3, 0.4) is 0 Å². The van der Waals surface area contributed by atoms with Crippen LogP contribution in [0.4, 0.5) is 5.69 Å². The van der Waals surface area contributed by atoms with Crippen LogP contribution in [-0.4, -0.2) is 18.9 Å².